The molecule has 0 bridgehead atoms. The number of aldehydes is 1. The summed E-state index contributed by atoms with van der Waals surface area (Å²) in [5.41, 5.74) is 0.945. The van der Waals surface area contributed by atoms with Crippen molar-refractivity contribution in [2.45, 2.75) is 38.8 Å². The van der Waals surface area contributed by atoms with Crippen molar-refractivity contribution in [3.05, 3.63) is 72.3 Å². The fraction of sp³-hybridized carbons (Fsp3) is 0.348. The second kappa shape index (κ2) is 7.37. The summed E-state index contributed by atoms with van der Waals surface area (Å²) in [6, 6.07) is 19.1. The maximum absolute atomic E-state index is 14.8. The molecule has 2 aromatic carbocycles. The molecule has 2 aromatic rings. The van der Waals surface area contributed by atoms with Crippen LogP contribution in [-0.4, -0.2) is 11.4 Å². The minimum atomic E-state index is -3.20. The molecule has 2 nitrogen and oxygen atoms in total. The van der Waals surface area contributed by atoms with Gasteiger partial charge in [-0.2, -0.15) is 0 Å². The van der Waals surface area contributed by atoms with Crippen molar-refractivity contribution in [1.29, 1.82) is 0 Å². The van der Waals surface area contributed by atoms with Crippen molar-refractivity contribution in [1.82, 2.24) is 0 Å². The Morgan fingerprint density at radius 3 is 1.92 bits per heavy atom. The van der Waals surface area contributed by atoms with Gasteiger partial charge in [-0.05, 0) is 31.6 Å². The van der Waals surface area contributed by atoms with Gasteiger partial charge >= 0.3 is 0 Å². The summed E-state index contributed by atoms with van der Waals surface area (Å²) >= 11 is 0. The van der Waals surface area contributed by atoms with Gasteiger partial charge in [-0.15, -0.1) is 0 Å². The Bertz CT molecular complexity index is 796. The second-order valence-corrected chi connectivity index (χ2v) is 10.7. The first kappa shape index (κ1) is 18.9. The van der Waals surface area contributed by atoms with Crippen LogP contribution in [0, 0.1) is 11.8 Å². The lowest BCUT2D eigenvalue weighted by Gasteiger charge is -2.43. The van der Waals surface area contributed by atoms with Crippen LogP contribution in [0.4, 0.5) is 0 Å². The Labute approximate surface area is 156 Å². The first-order valence-corrected chi connectivity index (χ1v) is 11.0. The van der Waals surface area contributed by atoms with Crippen LogP contribution < -0.4 is 10.6 Å². The lowest BCUT2D eigenvalue weighted by atomic mass is 9.76. The number of rotatable bonds is 5. The molecule has 3 heteroatoms. The third-order valence-electron chi connectivity index (χ3n) is 5.92. The predicted molar refractivity (Wildman–Crippen MR) is 110 cm³/mol. The Balaban J connectivity index is 2.30. The summed E-state index contributed by atoms with van der Waals surface area (Å²) < 4.78 is 14.8. The average molecular weight is 366 g/mol. The molecule has 26 heavy (non-hydrogen) atoms. The third-order valence-corrected chi connectivity index (χ3v) is 9.74. The molecule has 0 heterocycles. The first-order chi connectivity index (χ1) is 12.5. The van der Waals surface area contributed by atoms with Gasteiger partial charge < -0.3 is 9.36 Å². The van der Waals surface area contributed by atoms with Crippen molar-refractivity contribution >= 4 is 24.0 Å². The molecule has 0 radical (unpaired) electrons. The Hall–Kier alpha value is -1.92. The maximum Gasteiger partial charge on any atom is 0.159 e. The van der Waals surface area contributed by atoms with Crippen molar-refractivity contribution < 1.29 is 9.36 Å². The summed E-state index contributed by atoms with van der Waals surface area (Å²) in [6.45, 7) is 6.35. The van der Waals surface area contributed by atoms with Crippen LogP contribution in [-0.2, 0) is 9.36 Å². The topological polar surface area (TPSA) is 34.1 Å². The molecule has 0 amide bonds. The Morgan fingerprint density at radius 1 is 1.00 bits per heavy atom. The third kappa shape index (κ3) is 2.91. The van der Waals surface area contributed by atoms with E-state index in [-0.39, 0.29) is 0 Å². The molecule has 3 rings (SSSR count). The molecule has 1 unspecified atom stereocenters. The minimum Gasteiger partial charge on any atom is -0.312 e. The zero-order chi connectivity index (χ0) is 18.8. The molecule has 0 N–H and O–H groups in total. The summed E-state index contributed by atoms with van der Waals surface area (Å²) in [5.74, 6) is 0.795. The normalized spacial score (nSPS) is 23.5. The highest BCUT2D eigenvalue weighted by Gasteiger charge is 2.53. The van der Waals surface area contributed by atoms with E-state index in [4.69, 9.17) is 0 Å². The van der Waals surface area contributed by atoms with Gasteiger partial charge in [0.25, 0.3) is 0 Å². The fourth-order valence-electron chi connectivity index (χ4n) is 4.13. The summed E-state index contributed by atoms with van der Waals surface area (Å²) in [5, 5.41) is 0.550. The van der Waals surface area contributed by atoms with E-state index in [0.29, 0.717) is 18.3 Å². The summed E-state index contributed by atoms with van der Waals surface area (Å²) in [4.78, 5) is 12.6. The van der Waals surface area contributed by atoms with Gasteiger partial charge in [-0.25, -0.2) is 0 Å². The molecule has 0 aliphatic heterocycles. The lowest BCUT2D eigenvalue weighted by Crippen LogP contribution is -2.44. The van der Waals surface area contributed by atoms with Crippen LogP contribution in [0.15, 0.2) is 72.3 Å². The number of hydrogen-bond donors (Lipinski definition) is 0. The van der Waals surface area contributed by atoms with E-state index in [9.17, 15) is 9.36 Å². The molecule has 0 saturated carbocycles. The maximum atomic E-state index is 14.8. The van der Waals surface area contributed by atoms with Gasteiger partial charge in [0.2, 0.25) is 0 Å². The van der Waals surface area contributed by atoms with E-state index in [0.717, 1.165) is 28.9 Å². The second-order valence-electron chi connectivity index (χ2n) is 7.65. The lowest BCUT2D eigenvalue weighted by molar-refractivity contribution is -0.109. The molecule has 0 aromatic heterocycles. The van der Waals surface area contributed by atoms with Crippen LogP contribution in [0.1, 0.15) is 33.6 Å². The molecule has 0 saturated heterocycles. The van der Waals surface area contributed by atoms with Crippen LogP contribution in [0.25, 0.3) is 0 Å². The van der Waals surface area contributed by atoms with E-state index < -0.39 is 12.3 Å². The number of allylic oxidation sites excluding steroid dienone is 2. The predicted octanol–water partition coefficient (Wildman–Crippen LogP) is 4.95. The smallest absolute Gasteiger partial charge is 0.159 e. The molecule has 1 aliphatic carbocycles. The average Bonchev–Trinajstić information content (AvgIpc) is 2.69. The fourth-order valence-corrected chi connectivity index (χ4v) is 7.77. The van der Waals surface area contributed by atoms with Crippen molar-refractivity contribution in [3.63, 3.8) is 0 Å². The van der Waals surface area contributed by atoms with E-state index in [1.54, 1.807) is 0 Å². The zero-order valence-electron chi connectivity index (χ0n) is 15.8. The van der Waals surface area contributed by atoms with E-state index >= 15 is 0 Å². The monoisotopic (exact) mass is 366 g/mol. The summed E-state index contributed by atoms with van der Waals surface area (Å²) in [6.07, 6.45) is 4.70. The van der Waals surface area contributed by atoms with E-state index in [1.165, 1.54) is 0 Å². The number of carbonyl (C=O) groups excluding carboxylic acids is 1. The molecule has 2 atom stereocenters. The standard InChI is InChI=1S/C23H27O2P/c1-18(2)20-15-14-19(3)23(16-20,17-24)26(25,21-10-6-4-7-11-21)22-12-8-5-9-13-22/h4-14,17-18,20H,15-16H2,1-3H3/t20-,23?/m1/s1. The highest BCUT2D eigenvalue weighted by molar-refractivity contribution is 7.81. The molecular formula is C23H27O2P. The number of benzene rings is 2. The quantitative estimate of drug-likeness (QED) is 0.426. The van der Waals surface area contributed by atoms with Gasteiger partial charge in [0.15, 0.2) is 7.14 Å². The van der Waals surface area contributed by atoms with Crippen molar-refractivity contribution in [2.24, 2.45) is 11.8 Å². The highest BCUT2D eigenvalue weighted by Crippen LogP contribution is 2.62. The van der Waals surface area contributed by atoms with Crippen molar-refractivity contribution in [2.75, 3.05) is 0 Å². The Morgan fingerprint density at radius 2 is 1.50 bits per heavy atom. The molecular weight excluding hydrogens is 339 g/mol. The number of hydrogen-bond acceptors (Lipinski definition) is 2. The van der Waals surface area contributed by atoms with Gasteiger partial charge in [0.1, 0.15) is 11.4 Å². The van der Waals surface area contributed by atoms with E-state index in [1.807, 2.05) is 67.6 Å². The molecule has 1 aliphatic rings. The number of carbonyl (C=O) groups is 1. The molecule has 0 fully saturated rings. The molecule has 136 valence electrons. The molecule has 0 spiro atoms. The first-order valence-electron chi connectivity index (χ1n) is 9.30. The highest BCUT2D eigenvalue weighted by atomic mass is 31.2. The largest absolute Gasteiger partial charge is 0.312 e. The summed E-state index contributed by atoms with van der Waals surface area (Å²) in [7, 11) is -3.20. The van der Waals surface area contributed by atoms with Crippen LogP contribution in [0.5, 0.6) is 0 Å². The zero-order valence-corrected chi connectivity index (χ0v) is 16.7. The minimum absolute atomic E-state index is 0.352. The van der Waals surface area contributed by atoms with Crippen LogP contribution >= 0.6 is 7.14 Å². The van der Waals surface area contributed by atoms with Crippen LogP contribution in [0.2, 0.25) is 0 Å². The SMILES string of the molecule is CC1=CC[C@@H](C(C)C)CC1(C=O)P(=O)(c1ccccc1)c1ccccc1. The van der Waals surface area contributed by atoms with Crippen LogP contribution in [0.3, 0.4) is 0 Å². The van der Waals surface area contributed by atoms with Gasteiger partial charge in [0.05, 0.1) is 0 Å². The van der Waals surface area contributed by atoms with Gasteiger partial charge in [0, 0.05) is 10.6 Å². The van der Waals surface area contributed by atoms with E-state index in [2.05, 4.69) is 19.9 Å². The Kier molecular flexibility index (Phi) is 5.34. The van der Waals surface area contributed by atoms with Gasteiger partial charge in [-0.1, -0.05) is 86.2 Å². The van der Waals surface area contributed by atoms with Gasteiger partial charge in [-0.3, -0.25) is 0 Å². The van der Waals surface area contributed by atoms with Crippen molar-refractivity contribution in [3.8, 4) is 0 Å².